The van der Waals surface area contributed by atoms with E-state index in [4.69, 9.17) is 4.42 Å². The predicted molar refractivity (Wildman–Crippen MR) is 104 cm³/mol. The summed E-state index contributed by atoms with van der Waals surface area (Å²) in [7, 11) is 0. The summed E-state index contributed by atoms with van der Waals surface area (Å²) in [6.45, 7) is 3.86. The molecule has 3 aromatic heterocycles. The van der Waals surface area contributed by atoms with E-state index >= 15 is 0 Å². The minimum Gasteiger partial charge on any atom is -0.418 e. The molecule has 8 heteroatoms. The summed E-state index contributed by atoms with van der Waals surface area (Å²) in [5, 5.41) is 6.94. The Labute approximate surface area is 159 Å². The summed E-state index contributed by atoms with van der Waals surface area (Å²) >= 11 is 1.10. The minimum atomic E-state index is -0.232. The van der Waals surface area contributed by atoms with Crippen LogP contribution in [-0.2, 0) is 6.42 Å². The van der Waals surface area contributed by atoms with Gasteiger partial charge in [0.05, 0.1) is 17.1 Å². The topological polar surface area (TPSA) is 93.8 Å². The lowest BCUT2D eigenvalue weighted by molar-refractivity contribution is 0.102. The Morgan fingerprint density at radius 1 is 1.22 bits per heavy atom. The van der Waals surface area contributed by atoms with Gasteiger partial charge in [0.1, 0.15) is 10.4 Å². The normalized spacial score (nSPS) is 11.0. The molecule has 0 fully saturated rings. The molecule has 0 unspecified atom stereocenters. The molecule has 0 spiro atoms. The van der Waals surface area contributed by atoms with Crippen molar-refractivity contribution in [3.05, 3.63) is 52.7 Å². The smallest absolute Gasteiger partial charge is 0.269 e. The number of carbonyl (C=O) groups excluding carboxylic acids is 1. The maximum absolute atomic E-state index is 12.6. The molecule has 0 aliphatic carbocycles. The number of pyridine rings is 1. The second kappa shape index (κ2) is 7.24. The van der Waals surface area contributed by atoms with Crippen molar-refractivity contribution in [1.29, 1.82) is 0 Å². The fraction of sp³-hybridized carbons (Fsp3) is 0.211. The van der Waals surface area contributed by atoms with Gasteiger partial charge in [-0.05, 0) is 43.1 Å². The number of aryl methyl sites for hydroxylation is 2. The molecule has 4 rings (SSSR count). The van der Waals surface area contributed by atoms with Gasteiger partial charge >= 0.3 is 0 Å². The third-order valence-corrected chi connectivity index (χ3v) is 4.86. The van der Waals surface area contributed by atoms with Gasteiger partial charge < -0.3 is 9.73 Å². The van der Waals surface area contributed by atoms with Crippen LogP contribution in [0, 0.1) is 6.92 Å². The number of oxazole rings is 1. The van der Waals surface area contributed by atoms with Crippen molar-refractivity contribution >= 4 is 34.4 Å². The summed E-state index contributed by atoms with van der Waals surface area (Å²) in [5.74, 6) is 0.266. The molecular weight excluding hydrogens is 362 g/mol. The van der Waals surface area contributed by atoms with E-state index in [0.29, 0.717) is 33.4 Å². The number of carbonyl (C=O) groups is 1. The van der Waals surface area contributed by atoms with Crippen LogP contribution < -0.4 is 5.32 Å². The molecule has 4 aromatic rings. The van der Waals surface area contributed by atoms with Crippen LogP contribution in [0.3, 0.4) is 0 Å². The second-order valence-corrected chi connectivity index (χ2v) is 6.84. The summed E-state index contributed by atoms with van der Waals surface area (Å²) in [6, 6.07) is 11.4. The van der Waals surface area contributed by atoms with Gasteiger partial charge in [0.15, 0.2) is 0 Å². The van der Waals surface area contributed by atoms with Gasteiger partial charge in [-0.2, -0.15) is 0 Å². The van der Waals surface area contributed by atoms with Crippen molar-refractivity contribution in [2.45, 2.75) is 26.7 Å². The van der Waals surface area contributed by atoms with Crippen molar-refractivity contribution < 1.29 is 9.21 Å². The zero-order chi connectivity index (χ0) is 18.8. The van der Waals surface area contributed by atoms with E-state index in [9.17, 15) is 4.79 Å². The van der Waals surface area contributed by atoms with Crippen LogP contribution in [0.5, 0.6) is 0 Å². The molecule has 0 radical (unpaired) electrons. The first-order valence-corrected chi connectivity index (χ1v) is 9.39. The van der Waals surface area contributed by atoms with Gasteiger partial charge in [-0.3, -0.25) is 4.79 Å². The zero-order valence-corrected chi connectivity index (χ0v) is 15.7. The highest BCUT2D eigenvalue weighted by molar-refractivity contribution is 7.08. The van der Waals surface area contributed by atoms with Crippen LogP contribution in [0.1, 0.15) is 34.4 Å². The Balaban J connectivity index is 1.65. The number of nitrogens with zero attached hydrogens (tertiary/aromatic N) is 4. The van der Waals surface area contributed by atoms with Crippen LogP contribution in [0.2, 0.25) is 0 Å². The first kappa shape index (κ1) is 17.3. The van der Waals surface area contributed by atoms with E-state index in [1.165, 1.54) is 0 Å². The number of anilines is 1. The van der Waals surface area contributed by atoms with E-state index in [-0.39, 0.29) is 5.91 Å². The molecule has 0 atom stereocenters. The molecular formula is C19H17N5O2S. The molecule has 3 heterocycles. The third kappa shape index (κ3) is 3.43. The average molecular weight is 379 g/mol. The number of hydrogen-bond acceptors (Lipinski definition) is 7. The summed E-state index contributed by atoms with van der Waals surface area (Å²) < 4.78 is 9.67. The number of rotatable bonds is 5. The van der Waals surface area contributed by atoms with Gasteiger partial charge in [-0.25, -0.2) is 9.97 Å². The molecule has 0 aliphatic rings. The van der Waals surface area contributed by atoms with E-state index in [0.717, 1.165) is 35.6 Å². The average Bonchev–Trinajstić information content (AvgIpc) is 3.30. The lowest BCUT2D eigenvalue weighted by Crippen LogP contribution is -2.13. The SMILES string of the molecule is CCCc1nnsc1C(=O)Nc1cc2nc(-c3ccccc3)oc2nc1C. The fourth-order valence-corrected chi connectivity index (χ4v) is 3.35. The molecule has 0 bridgehead atoms. The largest absolute Gasteiger partial charge is 0.418 e. The summed E-state index contributed by atoms with van der Waals surface area (Å²) in [6.07, 6.45) is 1.62. The molecule has 136 valence electrons. The maximum Gasteiger partial charge on any atom is 0.269 e. The minimum absolute atomic E-state index is 0.232. The van der Waals surface area contributed by atoms with Gasteiger partial charge in [0, 0.05) is 5.56 Å². The highest BCUT2D eigenvalue weighted by Gasteiger charge is 2.18. The molecule has 1 amide bonds. The fourth-order valence-electron chi connectivity index (χ4n) is 2.74. The maximum atomic E-state index is 12.6. The van der Waals surface area contributed by atoms with Crippen molar-refractivity contribution in [3.63, 3.8) is 0 Å². The standard InChI is InChI=1S/C19H17N5O2S/c1-3-7-13-16(27-24-23-13)17(25)21-14-10-15-19(20-11(14)2)26-18(22-15)12-8-5-4-6-9-12/h4-6,8-10H,3,7H2,1-2H3,(H,21,25). The van der Waals surface area contributed by atoms with E-state index in [2.05, 4.69) is 24.9 Å². The molecule has 1 N–H and O–H groups in total. The highest BCUT2D eigenvalue weighted by Crippen LogP contribution is 2.27. The number of hydrogen-bond donors (Lipinski definition) is 1. The Bertz CT molecular complexity index is 1100. The monoisotopic (exact) mass is 379 g/mol. The molecule has 7 nitrogen and oxygen atoms in total. The molecule has 0 saturated heterocycles. The van der Waals surface area contributed by atoms with Crippen molar-refractivity contribution in [2.24, 2.45) is 0 Å². The Hall–Kier alpha value is -3.13. The van der Waals surface area contributed by atoms with Crippen LogP contribution in [-0.4, -0.2) is 25.5 Å². The predicted octanol–water partition coefficient (Wildman–Crippen LogP) is 4.25. The molecule has 27 heavy (non-hydrogen) atoms. The zero-order valence-electron chi connectivity index (χ0n) is 14.9. The summed E-state index contributed by atoms with van der Waals surface area (Å²) in [5.41, 5.74) is 3.87. The lowest BCUT2D eigenvalue weighted by atomic mass is 10.2. The van der Waals surface area contributed by atoms with E-state index in [1.54, 1.807) is 6.07 Å². The summed E-state index contributed by atoms with van der Waals surface area (Å²) in [4.78, 5) is 22.1. The van der Waals surface area contributed by atoms with E-state index in [1.807, 2.05) is 44.2 Å². The van der Waals surface area contributed by atoms with Crippen molar-refractivity contribution in [2.75, 3.05) is 5.32 Å². The lowest BCUT2D eigenvalue weighted by Gasteiger charge is -2.06. The molecule has 1 aromatic carbocycles. The third-order valence-electron chi connectivity index (χ3n) is 4.09. The number of nitrogens with one attached hydrogen (secondary N) is 1. The quantitative estimate of drug-likeness (QED) is 0.557. The van der Waals surface area contributed by atoms with Crippen molar-refractivity contribution in [3.8, 4) is 11.5 Å². The Kier molecular flexibility index (Phi) is 4.64. The van der Waals surface area contributed by atoms with Gasteiger partial charge in [0.25, 0.3) is 5.91 Å². The number of amides is 1. The first-order valence-electron chi connectivity index (χ1n) is 8.62. The molecule has 0 saturated carbocycles. The van der Waals surface area contributed by atoms with Crippen LogP contribution >= 0.6 is 11.5 Å². The number of benzene rings is 1. The Morgan fingerprint density at radius 2 is 2.04 bits per heavy atom. The van der Waals surface area contributed by atoms with Crippen molar-refractivity contribution in [1.82, 2.24) is 19.6 Å². The number of aromatic nitrogens is 4. The number of fused-ring (bicyclic) bond motifs is 1. The molecule has 0 aliphatic heterocycles. The highest BCUT2D eigenvalue weighted by atomic mass is 32.1. The second-order valence-electron chi connectivity index (χ2n) is 6.08. The van der Waals surface area contributed by atoms with Gasteiger partial charge in [0.2, 0.25) is 11.6 Å². The first-order chi connectivity index (χ1) is 13.2. The van der Waals surface area contributed by atoms with Crippen LogP contribution in [0.4, 0.5) is 5.69 Å². The van der Waals surface area contributed by atoms with Gasteiger partial charge in [-0.1, -0.05) is 36.0 Å². The van der Waals surface area contributed by atoms with E-state index < -0.39 is 0 Å². The van der Waals surface area contributed by atoms with Gasteiger partial charge in [-0.15, -0.1) is 5.10 Å². The van der Waals surface area contributed by atoms with Crippen LogP contribution in [0.15, 0.2) is 40.8 Å². The Morgan fingerprint density at radius 3 is 2.81 bits per heavy atom. The van der Waals surface area contributed by atoms with Crippen LogP contribution in [0.25, 0.3) is 22.7 Å².